The molecule has 8 nitrogen and oxygen atoms in total. The predicted octanol–water partition coefficient (Wildman–Crippen LogP) is 4.61. The fourth-order valence-corrected chi connectivity index (χ4v) is 5.39. The molecule has 0 bridgehead atoms. The lowest BCUT2D eigenvalue weighted by Crippen LogP contribution is -2.45. The number of anilines is 1. The zero-order chi connectivity index (χ0) is 29.5. The van der Waals surface area contributed by atoms with Gasteiger partial charge >= 0.3 is 0 Å². The van der Waals surface area contributed by atoms with Crippen molar-refractivity contribution in [3.8, 4) is 11.1 Å². The summed E-state index contributed by atoms with van der Waals surface area (Å²) in [6.45, 7) is 2.46. The van der Waals surface area contributed by atoms with Crippen LogP contribution in [-0.2, 0) is 9.59 Å². The Morgan fingerprint density at radius 1 is 0.927 bits per heavy atom. The number of rotatable bonds is 11. The number of nitrogens with one attached hydrogen (secondary N) is 1. The zero-order valence-corrected chi connectivity index (χ0v) is 24.8. The molecule has 1 fully saturated rings. The van der Waals surface area contributed by atoms with E-state index in [-0.39, 0.29) is 30.9 Å². The summed E-state index contributed by atoms with van der Waals surface area (Å²) in [5.41, 5.74) is 9.59. The highest BCUT2D eigenvalue weighted by molar-refractivity contribution is 6.42. The topological polar surface area (TPSA) is 99.0 Å². The molecule has 0 saturated carbocycles. The molecular weight excluding hydrogens is 561 g/mol. The van der Waals surface area contributed by atoms with Gasteiger partial charge in [-0.2, -0.15) is 0 Å². The van der Waals surface area contributed by atoms with Crippen LogP contribution in [0.3, 0.4) is 0 Å². The molecule has 0 unspecified atom stereocenters. The van der Waals surface area contributed by atoms with Crippen LogP contribution in [0.4, 0.5) is 5.69 Å². The molecule has 216 valence electrons. The van der Waals surface area contributed by atoms with Crippen LogP contribution in [0.1, 0.15) is 34.8 Å². The lowest BCUT2D eigenvalue weighted by atomic mass is 9.98. The molecule has 3 N–H and O–H groups in total. The van der Waals surface area contributed by atoms with E-state index < -0.39 is 5.91 Å². The number of hydrogen-bond acceptors (Lipinski definition) is 5. The third-order valence-corrected chi connectivity index (χ3v) is 8.15. The second-order valence-electron chi connectivity index (χ2n) is 10.2. The highest BCUT2D eigenvalue weighted by Crippen LogP contribution is 2.29. The van der Waals surface area contributed by atoms with Crippen LogP contribution in [0.5, 0.6) is 0 Å². The van der Waals surface area contributed by atoms with Crippen molar-refractivity contribution in [2.24, 2.45) is 5.73 Å². The summed E-state index contributed by atoms with van der Waals surface area (Å²) in [5.74, 6) is -0.861. The second kappa shape index (κ2) is 13.9. The van der Waals surface area contributed by atoms with Crippen LogP contribution in [0.15, 0.2) is 66.7 Å². The van der Waals surface area contributed by atoms with Gasteiger partial charge in [-0.3, -0.25) is 14.4 Å². The maximum Gasteiger partial charge on any atom is 0.251 e. The number of likely N-dealkylation sites (tertiary alicyclic amines) is 1. The van der Waals surface area contributed by atoms with Crippen molar-refractivity contribution < 1.29 is 14.4 Å². The minimum atomic E-state index is -0.559. The number of halogens is 2. The second-order valence-corrected chi connectivity index (χ2v) is 11.0. The number of nitrogens with two attached hydrogens (primary N) is 1. The van der Waals surface area contributed by atoms with Crippen LogP contribution < -0.4 is 16.0 Å². The van der Waals surface area contributed by atoms with Gasteiger partial charge in [0.1, 0.15) is 0 Å². The summed E-state index contributed by atoms with van der Waals surface area (Å²) in [5, 5.41) is 3.37. The van der Waals surface area contributed by atoms with Crippen molar-refractivity contribution >= 4 is 46.6 Å². The van der Waals surface area contributed by atoms with E-state index >= 15 is 0 Å². The average Bonchev–Trinajstić information content (AvgIpc) is 3.49. The lowest BCUT2D eigenvalue weighted by Gasteiger charge is -2.34. The first kappa shape index (κ1) is 30.4. The van der Waals surface area contributed by atoms with Gasteiger partial charge in [-0.1, -0.05) is 59.6 Å². The molecule has 3 amide bonds. The normalized spacial score (nSPS) is 14.0. The van der Waals surface area contributed by atoms with Gasteiger partial charge in [0.25, 0.3) is 5.91 Å². The van der Waals surface area contributed by atoms with E-state index in [2.05, 4.69) is 10.2 Å². The van der Waals surface area contributed by atoms with Crippen LogP contribution >= 0.6 is 23.2 Å². The SMILES string of the molecule is CNC(=O)c1cccc(-c2ccc([C@H](CN3CCCC3)N(C)C(=O)CN(CC(N)=O)c3ccc(Cl)c(Cl)c3)cc2)c1. The predicted molar refractivity (Wildman–Crippen MR) is 164 cm³/mol. The number of carbonyl (C=O) groups excluding carboxylic acids is 3. The monoisotopic (exact) mass is 595 g/mol. The summed E-state index contributed by atoms with van der Waals surface area (Å²) < 4.78 is 0. The van der Waals surface area contributed by atoms with Crippen LogP contribution in [0, 0.1) is 0 Å². The first-order chi connectivity index (χ1) is 19.7. The van der Waals surface area contributed by atoms with Crippen LogP contribution in [-0.4, -0.2) is 74.3 Å². The smallest absolute Gasteiger partial charge is 0.251 e. The highest BCUT2D eigenvalue weighted by Gasteiger charge is 2.27. The van der Waals surface area contributed by atoms with Crippen LogP contribution in [0.25, 0.3) is 11.1 Å². The minimum Gasteiger partial charge on any atom is -0.368 e. The Bertz CT molecular complexity index is 1390. The largest absolute Gasteiger partial charge is 0.368 e. The van der Waals surface area contributed by atoms with Crippen molar-refractivity contribution in [2.75, 3.05) is 51.7 Å². The Morgan fingerprint density at radius 2 is 1.63 bits per heavy atom. The quantitative estimate of drug-likeness (QED) is 0.337. The van der Waals surface area contributed by atoms with Gasteiger partial charge in [-0.15, -0.1) is 0 Å². The molecule has 1 aliphatic heterocycles. The number of likely N-dealkylation sites (N-methyl/N-ethyl adjacent to an activating group) is 1. The number of nitrogens with zero attached hydrogens (tertiary/aromatic N) is 3. The molecule has 4 rings (SSSR count). The molecule has 10 heteroatoms. The summed E-state index contributed by atoms with van der Waals surface area (Å²) in [4.78, 5) is 43.4. The molecule has 41 heavy (non-hydrogen) atoms. The molecule has 1 heterocycles. The van der Waals surface area contributed by atoms with E-state index in [1.165, 1.54) is 0 Å². The fourth-order valence-electron chi connectivity index (χ4n) is 5.10. The molecule has 1 aliphatic rings. The summed E-state index contributed by atoms with van der Waals surface area (Å²) in [6, 6.07) is 20.3. The lowest BCUT2D eigenvalue weighted by molar-refractivity contribution is -0.131. The Morgan fingerprint density at radius 3 is 2.27 bits per heavy atom. The molecule has 1 saturated heterocycles. The van der Waals surface area contributed by atoms with E-state index in [9.17, 15) is 14.4 Å². The number of carbonyl (C=O) groups is 3. The first-order valence-electron chi connectivity index (χ1n) is 13.5. The number of benzene rings is 3. The summed E-state index contributed by atoms with van der Waals surface area (Å²) in [6.07, 6.45) is 2.27. The number of hydrogen-bond donors (Lipinski definition) is 2. The Hall–Kier alpha value is -3.59. The standard InChI is InChI=1S/C31H35Cl2N5O3/c1-35-31(41)24-7-5-6-23(16-24)21-8-10-22(11-9-21)28(18-37-14-3-4-15-37)36(2)30(40)20-38(19-29(34)39)25-12-13-26(32)27(33)17-25/h5-13,16-17,28H,3-4,14-15,18-20H2,1-2H3,(H2,34,39)(H,35,41)/t28-/m0/s1. The van der Waals surface area contributed by atoms with Crippen molar-refractivity contribution in [1.82, 2.24) is 15.1 Å². The fraction of sp³-hybridized carbons (Fsp3) is 0.323. The molecule has 0 spiro atoms. The van der Waals surface area contributed by atoms with Crippen molar-refractivity contribution in [2.45, 2.75) is 18.9 Å². The number of primary amides is 1. The maximum absolute atomic E-state index is 13.7. The zero-order valence-electron chi connectivity index (χ0n) is 23.3. The molecule has 0 radical (unpaired) electrons. The van der Waals surface area contributed by atoms with Crippen molar-refractivity contribution in [3.05, 3.63) is 87.9 Å². The third-order valence-electron chi connectivity index (χ3n) is 7.41. The molecule has 0 aliphatic carbocycles. The van der Waals surface area contributed by atoms with Crippen LogP contribution in [0.2, 0.25) is 10.0 Å². The van der Waals surface area contributed by atoms with Gasteiger partial charge in [0.2, 0.25) is 11.8 Å². The first-order valence-corrected chi connectivity index (χ1v) is 14.3. The van der Waals surface area contributed by atoms with E-state index in [4.69, 9.17) is 28.9 Å². The minimum absolute atomic E-state index is 0.0573. The van der Waals surface area contributed by atoms with Gasteiger partial charge in [0.05, 0.1) is 29.2 Å². The molecule has 3 aromatic rings. The molecule has 3 aromatic carbocycles. The van der Waals surface area contributed by atoms with Crippen molar-refractivity contribution in [3.63, 3.8) is 0 Å². The Balaban J connectivity index is 1.58. The van der Waals surface area contributed by atoms with E-state index in [1.54, 1.807) is 48.2 Å². The average molecular weight is 597 g/mol. The van der Waals surface area contributed by atoms with E-state index in [0.717, 1.165) is 42.6 Å². The third kappa shape index (κ3) is 7.79. The van der Waals surface area contributed by atoms with Gasteiger partial charge in [-0.05, 0) is 73.0 Å². The van der Waals surface area contributed by atoms with Gasteiger partial charge in [0, 0.05) is 31.9 Å². The van der Waals surface area contributed by atoms with Gasteiger partial charge in [-0.25, -0.2) is 0 Å². The Kier molecular flexibility index (Phi) is 10.3. The highest BCUT2D eigenvalue weighted by atomic mass is 35.5. The van der Waals surface area contributed by atoms with Crippen molar-refractivity contribution in [1.29, 1.82) is 0 Å². The molecule has 1 atom stereocenters. The van der Waals surface area contributed by atoms with Gasteiger partial charge in [0.15, 0.2) is 0 Å². The van der Waals surface area contributed by atoms with Gasteiger partial charge < -0.3 is 25.8 Å². The molecule has 0 aromatic heterocycles. The summed E-state index contributed by atoms with van der Waals surface area (Å²) >= 11 is 12.3. The molecular formula is C31H35Cl2N5O3. The Labute approximate surface area is 251 Å². The maximum atomic E-state index is 13.7. The van der Waals surface area contributed by atoms with E-state index in [0.29, 0.717) is 27.8 Å². The summed E-state index contributed by atoms with van der Waals surface area (Å²) in [7, 11) is 3.40. The number of amides is 3. The van der Waals surface area contributed by atoms with E-state index in [1.807, 2.05) is 42.5 Å².